The van der Waals surface area contributed by atoms with Crippen molar-refractivity contribution in [3.05, 3.63) is 47.8 Å². The summed E-state index contributed by atoms with van der Waals surface area (Å²) in [5, 5.41) is 6.93. The van der Waals surface area contributed by atoms with Gasteiger partial charge in [-0.3, -0.25) is 4.99 Å². The van der Waals surface area contributed by atoms with Gasteiger partial charge < -0.3 is 10.6 Å². The monoisotopic (exact) mass is 301 g/mol. The first-order valence-corrected chi connectivity index (χ1v) is 8.10. The summed E-state index contributed by atoms with van der Waals surface area (Å²) in [6.07, 6.45) is 10.1. The van der Waals surface area contributed by atoms with E-state index in [1.54, 1.807) is 12.1 Å². The molecule has 0 aliphatic heterocycles. The number of hydrogen-bond acceptors (Lipinski definition) is 1. The molecule has 2 aliphatic carbocycles. The number of nitrogens with one attached hydrogen (secondary N) is 2. The SMILES string of the molecule is CN=C(NCC1(c2ccc(F)cc2)CCC1)NC1CC=CC1. The molecule has 0 radical (unpaired) electrons. The van der Waals surface area contributed by atoms with Crippen molar-refractivity contribution < 1.29 is 4.39 Å². The third kappa shape index (κ3) is 3.16. The summed E-state index contributed by atoms with van der Waals surface area (Å²) in [6, 6.07) is 7.43. The van der Waals surface area contributed by atoms with Crippen LogP contribution in [-0.4, -0.2) is 25.6 Å². The first-order valence-electron chi connectivity index (χ1n) is 8.10. The maximum atomic E-state index is 13.1. The van der Waals surface area contributed by atoms with Gasteiger partial charge in [0.25, 0.3) is 0 Å². The summed E-state index contributed by atoms with van der Waals surface area (Å²) in [6.45, 7) is 0.846. The zero-order valence-corrected chi connectivity index (χ0v) is 13.1. The number of benzene rings is 1. The van der Waals surface area contributed by atoms with Crippen molar-refractivity contribution >= 4 is 5.96 Å². The highest BCUT2D eigenvalue weighted by molar-refractivity contribution is 5.80. The zero-order chi connectivity index (χ0) is 15.4. The van der Waals surface area contributed by atoms with Crippen molar-refractivity contribution in [2.24, 2.45) is 4.99 Å². The van der Waals surface area contributed by atoms with E-state index in [0.717, 1.165) is 38.2 Å². The van der Waals surface area contributed by atoms with Crippen LogP contribution in [0.2, 0.25) is 0 Å². The van der Waals surface area contributed by atoms with Gasteiger partial charge in [0, 0.05) is 25.0 Å². The van der Waals surface area contributed by atoms with Crippen LogP contribution in [0.1, 0.15) is 37.7 Å². The molecule has 0 spiro atoms. The third-order valence-electron chi connectivity index (χ3n) is 4.93. The average Bonchev–Trinajstić information content (AvgIpc) is 2.99. The number of guanidine groups is 1. The van der Waals surface area contributed by atoms with Crippen LogP contribution in [0.3, 0.4) is 0 Å². The van der Waals surface area contributed by atoms with Crippen molar-refractivity contribution in [3.63, 3.8) is 0 Å². The molecule has 0 saturated heterocycles. The van der Waals surface area contributed by atoms with Gasteiger partial charge in [0.1, 0.15) is 5.82 Å². The molecule has 1 saturated carbocycles. The molecule has 0 aromatic heterocycles. The Morgan fingerprint density at radius 3 is 2.45 bits per heavy atom. The van der Waals surface area contributed by atoms with E-state index >= 15 is 0 Å². The van der Waals surface area contributed by atoms with Gasteiger partial charge in [-0.05, 0) is 43.4 Å². The van der Waals surface area contributed by atoms with E-state index in [-0.39, 0.29) is 11.2 Å². The predicted octanol–water partition coefficient (Wildman–Crippen LogP) is 3.13. The molecular formula is C18H24FN3. The average molecular weight is 301 g/mol. The van der Waals surface area contributed by atoms with Gasteiger partial charge in [-0.1, -0.05) is 30.7 Å². The number of aliphatic imine (C=N–C) groups is 1. The standard InChI is InChI=1S/C18H24FN3/c1-20-17(22-16-5-2-3-6-16)21-13-18(11-4-12-18)14-7-9-15(19)10-8-14/h2-3,7-10,16H,4-6,11-13H2,1H3,(H2,20,21,22). The van der Waals surface area contributed by atoms with Crippen molar-refractivity contribution in [1.29, 1.82) is 0 Å². The minimum Gasteiger partial charge on any atom is -0.356 e. The second kappa shape index (κ2) is 6.51. The molecule has 2 N–H and O–H groups in total. The van der Waals surface area contributed by atoms with Gasteiger partial charge in [0.15, 0.2) is 5.96 Å². The topological polar surface area (TPSA) is 36.4 Å². The van der Waals surface area contributed by atoms with Crippen molar-refractivity contribution in [2.75, 3.05) is 13.6 Å². The van der Waals surface area contributed by atoms with Crippen LogP contribution in [0.5, 0.6) is 0 Å². The van der Waals surface area contributed by atoms with Crippen LogP contribution in [0.15, 0.2) is 41.4 Å². The summed E-state index contributed by atoms with van der Waals surface area (Å²) in [5.74, 6) is 0.694. The summed E-state index contributed by atoms with van der Waals surface area (Å²) >= 11 is 0. The van der Waals surface area contributed by atoms with Gasteiger partial charge >= 0.3 is 0 Å². The molecule has 1 aromatic carbocycles. The van der Waals surface area contributed by atoms with Crippen LogP contribution in [0.4, 0.5) is 4.39 Å². The van der Waals surface area contributed by atoms with Gasteiger partial charge in [0.05, 0.1) is 0 Å². The van der Waals surface area contributed by atoms with Crippen molar-refractivity contribution in [1.82, 2.24) is 10.6 Å². The van der Waals surface area contributed by atoms with E-state index < -0.39 is 0 Å². The molecule has 1 fully saturated rings. The van der Waals surface area contributed by atoms with Crippen LogP contribution in [-0.2, 0) is 5.41 Å². The van der Waals surface area contributed by atoms with Crippen LogP contribution < -0.4 is 10.6 Å². The molecule has 118 valence electrons. The van der Waals surface area contributed by atoms with Crippen molar-refractivity contribution in [3.8, 4) is 0 Å². The smallest absolute Gasteiger partial charge is 0.191 e. The summed E-state index contributed by atoms with van der Waals surface area (Å²) < 4.78 is 13.1. The molecule has 4 heteroatoms. The third-order valence-corrected chi connectivity index (χ3v) is 4.93. The number of hydrogen-bond donors (Lipinski definition) is 2. The quantitative estimate of drug-likeness (QED) is 0.509. The van der Waals surface area contributed by atoms with E-state index in [2.05, 4.69) is 27.8 Å². The molecule has 22 heavy (non-hydrogen) atoms. The Hall–Kier alpha value is -1.84. The maximum absolute atomic E-state index is 13.1. The fourth-order valence-corrected chi connectivity index (χ4v) is 3.35. The van der Waals surface area contributed by atoms with Crippen LogP contribution >= 0.6 is 0 Å². The molecule has 0 heterocycles. The Morgan fingerprint density at radius 1 is 1.23 bits per heavy atom. The largest absolute Gasteiger partial charge is 0.356 e. The highest BCUT2D eigenvalue weighted by Gasteiger charge is 2.38. The summed E-state index contributed by atoms with van der Waals surface area (Å²) in [5.41, 5.74) is 1.35. The van der Waals surface area contributed by atoms with Gasteiger partial charge in [-0.2, -0.15) is 0 Å². The number of rotatable bonds is 4. The minimum absolute atomic E-state index is 0.124. The van der Waals surface area contributed by atoms with E-state index in [9.17, 15) is 4.39 Å². The fourth-order valence-electron chi connectivity index (χ4n) is 3.35. The maximum Gasteiger partial charge on any atom is 0.191 e. The highest BCUT2D eigenvalue weighted by Crippen LogP contribution is 2.43. The van der Waals surface area contributed by atoms with Gasteiger partial charge in [0.2, 0.25) is 0 Å². The molecular weight excluding hydrogens is 277 g/mol. The summed E-state index contributed by atoms with van der Waals surface area (Å²) in [4.78, 5) is 4.33. The minimum atomic E-state index is -0.169. The Labute approximate surface area is 131 Å². The molecule has 2 aliphatic rings. The predicted molar refractivity (Wildman–Crippen MR) is 88.6 cm³/mol. The highest BCUT2D eigenvalue weighted by atomic mass is 19.1. The van der Waals surface area contributed by atoms with Gasteiger partial charge in [-0.25, -0.2) is 4.39 Å². The Kier molecular flexibility index (Phi) is 4.46. The van der Waals surface area contributed by atoms with E-state index in [1.165, 1.54) is 12.0 Å². The second-order valence-corrected chi connectivity index (χ2v) is 6.35. The lowest BCUT2D eigenvalue weighted by molar-refractivity contribution is 0.243. The normalized spacial score (nSPS) is 20.7. The molecule has 3 nitrogen and oxygen atoms in total. The van der Waals surface area contributed by atoms with E-state index in [0.29, 0.717) is 6.04 Å². The Bertz CT molecular complexity index is 550. The lowest BCUT2D eigenvalue weighted by atomic mass is 9.64. The second-order valence-electron chi connectivity index (χ2n) is 6.35. The van der Waals surface area contributed by atoms with Crippen LogP contribution in [0.25, 0.3) is 0 Å². The number of halogens is 1. The lowest BCUT2D eigenvalue weighted by Gasteiger charge is -2.43. The molecule has 0 unspecified atom stereocenters. The molecule has 3 rings (SSSR count). The van der Waals surface area contributed by atoms with Crippen LogP contribution in [0, 0.1) is 5.82 Å². The zero-order valence-electron chi connectivity index (χ0n) is 13.1. The molecule has 0 amide bonds. The molecule has 0 bridgehead atoms. The Morgan fingerprint density at radius 2 is 1.91 bits per heavy atom. The van der Waals surface area contributed by atoms with Gasteiger partial charge in [-0.15, -0.1) is 0 Å². The Balaban J connectivity index is 1.61. The fraction of sp³-hybridized carbons (Fsp3) is 0.500. The number of nitrogens with zero attached hydrogens (tertiary/aromatic N) is 1. The lowest BCUT2D eigenvalue weighted by Crippen LogP contribution is -2.50. The van der Waals surface area contributed by atoms with E-state index in [1.807, 2.05) is 19.2 Å². The molecule has 1 aromatic rings. The van der Waals surface area contributed by atoms with E-state index in [4.69, 9.17) is 0 Å². The molecule has 0 atom stereocenters. The first kappa shape index (κ1) is 15.1. The summed E-state index contributed by atoms with van der Waals surface area (Å²) in [7, 11) is 1.81. The first-order chi connectivity index (χ1) is 10.7. The van der Waals surface area contributed by atoms with Crippen molar-refractivity contribution in [2.45, 2.75) is 43.6 Å².